The SMILES string of the molecule is CCOC(=O)c1c(N)sc2c1CCN(C(=O)C(C)(C)C)C2. The summed E-state index contributed by atoms with van der Waals surface area (Å²) in [4.78, 5) is 27.2. The second-order valence-corrected chi connectivity index (χ2v) is 7.33. The van der Waals surface area contributed by atoms with Gasteiger partial charge < -0.3 is 15.4 Å². The number of amides is 1. The van der Waals surface area contributed by atoms with E-state index in [-0.39, 0.29) is 11.9 Å². The number of esters is 1. The zero-order chi connectivity index (χ0) is 15.8. The molecule has 1 amide bonds. The van der Waals surface area contributed by atoms with Crippen LogP contribution in [0, 0.1) is 5.41 Å². The maximum absolute atomic E-state index is 12.4. The van der Waals surface area contributed by atoms with Gasteiger partial charge in [-0.05, 0) is 18.9 Å². The van der Waals surface area contributed by atoms with Crippen LogP contribution in [-0.4, -0.2) is 29.9 Å². The van der Waals surface area contributed by atoms with Gasteiger partial charge in [0.25, 0.3) is 0 Å². The van der Waals surface area contributed by atoms with Crippen molar-refractivity contribution < 1.29 is 14.3 Å². The summed E-state index contributed by atoms with van der Waals surface area (Å²) in [7, 11) is 0. The Hall–Kier alpha value is -1.56. The van der Waals surface area contributed by atoms with E-state index in [0.717, 1.165) is 10.4 Å². The van der Waals surface area contributed by atoms with Gasteiger partial charge in [-0.3, -0.25) is 4.79 Å². The molecule has 21 heavy (non-hydrogen) atoms. The fourth-order valence-corrected chi connectivity index (χ4v) is 3.62. The van der Waals surface area contributed by atoms with Gasteiger partial charge in [0.2, 0.25) is 5.91 Å². The third-order valence-electron chi connectivity index (χ3n) is 3.49. The number of rotatable bonds is 2. The zero-order valence-corrected chi connectivity index (χ0v) is 13.8. The van der Waals surface area contributed by atoms with Crippen LogP contribution in [-0.2, 0) is 22.5 Å². The smallest absolute Gasteiger partial charge is 0.341 e. The van der Waals surface area contributed by atoms with Crippen LogP contribution in [0.2, 0.25) is 0 Å². The Balaban J connectivity index is 2.26. The van der Waals surface area contributed by atoms with E-state index in [1.54, 1.807) is 6.92 Å². The minimum Gasteiger partial charge on any atom is -0.462 e. The Kier molecular flexibility index (Phi) is 4.27. The number of anilines is 1. The first-order valence-corrected chi connectivity index (χ1v) is 7.93. The van der Waals surface area contributed by atoms with Crippen molar-refractivity contribution in [2.24, 2.45) is 5.41 Å². The summed E-state index contributed by atoms with van der Waals surface area (Å²) in [6.07, 6.45) is 0.652. The predicted molar refractivity (Wildman–Crippen MR) is 83.3 cm³/mol. The van der Waals surface area contributed by atoms with Crippen molar-refractivity contribution in [1.82, 2.24) is 4.90 Å². The van der Waals surface area contributed by atoms with Crippen molar-refractivity contribution in [3.05, 3.63) is 16.0 Å². The lowest BCUT2D eigenvalue weighted by atomic mass is 9.93. The normalized spacial score (nSPS) is 14.8. The van der Waals surface area contributed by atoms with Crippen LogP contribution in [0.5, 0.6) is 0 Å². The highest BCUT2D eigenvalue weighted by Crippen LogP contribution is 2.36. The third kappa shape index (κ3) is 3.05. The molecule has 0 saturated carbocycles. The Bertz CT molecular complexity index is 572. The Morgan fingerprint density at radius 3 is 2.62 bits per heavy atom. The fraction of sp³-hybridized carbons (Fsp3) is 0.600. The van der Waals surface area contributed by atoms with Crippen molar-refractivity contribution in [3.63, 3.8) is 0 Å². The molecular weight excluding hydrogens is 288 g/mol. The number of fused-ring (bicyclic) bond motifs is 1. The van der Waals surface area contributed by atoms with E-state index >= 15 is 0 Å². The molecule has 1 aromatic heterocycles. The molecule has 5 nitrogen and oxygen atoms in total. The molecule has 0 radical (unpaired) electrons. The molecule has 1 aromatic rings. The van der Waals surface area contributed by atoms with Gasteiger partial charge in [0.05, 0.1) is 18.7 Å². The van der Waals surface area contributed by atoms with Crippen molar-refractivity contribution in [2.45, 2.75) is 40.7 Å². The average molecular weight is 310 g/mol. The standard InChI is InChI=1S/C15H22N2O3S/c1-5-20-13(18)11-9-6-7-17(14(19)15(2,3)4)8-10(9)21-12(11)16/h5-8,16H2,1-4H3. The summed E-state index contributed by atoms with van der Waals surface area (Å²) in [5.41, 5.74) is 7.03. The number of hydrogen-bond donors (Lipinski definition) is 1. The maximum atomic E-state index is 12.4. The zero-order valence-electron chi connectivity index (χ0n) is 13.0. The Morgan fingerprint density at radius 1 is 1.38 bits per heavy atom. The molecule has 0 saturated heterocycles. The van der Waals surface area contributed by atoms with E-state index < -0.39 is 5.41 Å². The summed E-state index contributed by atoms with van der Waals surface area (Å²) in [5, 5.41) is 0.489. The Labute approximate surface area is 129 Å². The van der Waals surface area contributed by atoms with Crippen molar-refractivity contribution in [1.29, 1.82) is 0 Å². The van der Waals surface area contributed by atoms with Crippen LogP contribution in [0.4, 0.5) is 5.00 Å². The molecular formula is C15H22N2O3S. The second kappa shape index (κ2) is 5.67. The molecule has 6 heteroatoms. The van der Waals surface area contributed by atoms with E-state index in [9.17, 15) is 9.59 Å². The van der Waals surface area contributed by atoms with E-state index in [0.29, 0.717) is 36.7 Å². The van der Waals surface area contributed by atoms with Gasteiger partial charge in [-0.25, -0.2) is 4.79 Å². The lowest BCUT2D eigenvalue weighted by Gasteiger charge is -2.32. The fourth-order valence-electron chi connectivity index (χ4n) is 2.50. The van der Waals surface area contributed by atoms with Gasteiger partial charge in [-0.1, -0.05) is 20.8 Å². The minimum absolute atomic E-state index is 0.123. The number of nitrogen functional groups attached to an aromatic ring is 1. The van der Waals surface area contributed by atoms with Gasteiger partial charge in [-0.15, -0.1) is 11.3 Å². The van der Waals surface area contributed by atoms with Crippen LogP contribution in [0.1, 0.15) is 48.5 Å². The molecule has 0 unspecified atom stereocenters. The monoisotopic (exact) mass is 310 g/mol. The van der Waals surface area contributed by atoms with Crippen LogP contribution >= 0.6 is 11.3 Å². The summed E-state index contributed by atoms with van der Waals surface area (Å²) in [6.45, 7) is 8.99. The molecule has 0 bridgehead atoms. The molecule has 2 N–H and O–H groups in total. The van der Waals surface area contributed by atoms with Crippen molar-refractivity contribution >= 4 is 28.2 Å². The molecule has 0 spiro atoms. The van der Waals surface area contributed by atoms with Crippen LogP contribution in [0.25, 0.3) is 0 Å². The number of hydrogen-bond acceptors (Lipinski definition) is 5. The van der Waals surface area contributed by atoms with Crippen LogP contribution in [0.3, 0.4) is 0 Å². The van der Waals surface area contributed by atoms with Crippen molar-refractivity contribution in [3.8, 4) is 0 Å². The van der Waals surface area contributed by atoms with Crippen molar-refractivity contribution in [2.75, 3.05) is 18.9 Å². The topological polar surface area (TPSA) is 72.6 Å². The maximum Gasteiger partial charge on any atom is 0.341 e. The molecule has 0 aromatic carbocycles. The molecule has 2 heterocycles. The third-order valence-corrected chi connectivity index (χ3v) is 4.54. The lowest BCUT2D eigenvalue weighted by molar-refractivity contribution is -0.140. The minimum atomic E-state index is -0.399. The molecule has 1 aliphatic heterocycles. The number of ether oxygens (including phenoxy) is 1. The number of nitrogens with two attached hydrogens (primary N) is 1. The van der Waals surface area contributed by atoms with E-state index in [1.165, 1.54) is 11.3 Å². The molecule has 0 fully saturated rings. The largest absolute Gasteiger partial charge is 0.462 e. The molecule has 116 valence electrons. The quantitative estimate of drug-likeness (QED) is 0.852. The van der Waals surface area contributed by atoms with E-state index in [4.69, 9.17) is 10.5 Å². The highest BCUT2D eigenvalue weighted by molar-refractivity contribution is 7.16. The van der Waals surface area contributed by atoms with Gasteiger partial charge in [0.1, 0.15) is 5.00 Å². The molecule has 2 rings (SSSR count). The lowest BCUT2D eigenvalue weighted by Crippen LogP contribution is -2.42. The molecule has 0 aliphatic carbocycles. The highest BCUT2D eigenvalue weighted by Gasteiger charge is 2.33. The summed E-state index contributed by atoms with van der Waals surface area (Å²) < 4.78 is 5.07. The van der Waals surface area contributed by atoms with Crippen LogP contribution < -0.4 is 5.73 Å². The first-order valence-electron chi connectivity index (χ1n) is 7.12. The summed E-state index contributed by atoms with van der Waals surface area (Å²) in [6, 6.07) is 0. The highest BCUT2D eigenvalue weighted by atomic mass is 32.1. The molecule has 0 atom stereocenters. The number of carbonyl (C=O) groups is 2. The number of nitrogens with zero attached hydrogens (tertiary/aromatic N) is 1. The first-order chi connectivity index (χ1) is 9.75. The first kappa shape index (κ1) is 15.8. The van der Waals surface area contributed by atoms with Crippen LogP contribution in [0.15, 0.2) is 0 Å². The van der Waals surface area contributed by atoms with Gasteiger partial charge in [0, 0.05) is 16.8 Å². The van der Waals surface area contributed by atoms with Gasteiger partial charge >= 0.3 is 5.97 Å². The number of thiophene rings is 1. The molecule has 1 aliphatic rings. The van der Waals surface area contributed by atoms with E-state index in [1.807, 2.05) is 25.7 Å². The summed E-state index contributed by atoms with van der Waals surface area (Å²) in [5.74, 6) is -0.235. The summed E-state index contributed by atoms with van der Waals surface area (Å²) >= 11 is 1.39. The van der Waals surface area contributed by atoms with E-state index in [2.05, 4.69) is 0 Å². The Morgan fingerprint density at radius 2 is 2.05 bits per heavy atom. The predicted octanol–water partition coefficient (Wildman–Crippen LogP) is 2.44. The second-order valence-electron chi connectivity index (χ2n) is 6.19. The van der Waals surface area contributed by atoms with Gasteiger partial charge in [-0.2, -0.15) is 0 Å². The average Bonchev–Trinajstić information content (AvgIpc) is 2.71. The number of carbonyl (C=O) groups excluding carboxylic acids is 2. The van der Waals surface area contributed by atoms with Gasteiger partial charge in [0.15, 0.2) is 0 Å².